The number of rotatable bonds is 17. The minimum atomic E-state index is -0.864. The number of para-hydroxylation sites is 1. The van der Waals surface area contributed by atoms with Crippen LogP contribution in [0.15, 0.2) is 66.7 Å². The molecule has 5 amide bonds. The predicted octanol–water partition coefficient (Wildman–Crippen LogP) is 3.70. The molecule has 1 aromatic heterocycles. The topological polar surface area (TPSA) is 165 Å². The van der Waals surface area contributed by atoms with Crippen molar-refractivity contribution >= 4 is 29.7 Å². The van der Waals surface area contributed by atoms with E-state index in [-0.39, 0.29) is 48.6 Å². The van der Waals surface area contributed by atoms with Crippen molar-refractivity contribution in [3.8, 4) is 11.6 Å². The summed E-state index contributed by atoms with van der Waals surface area (Å²) in [6.07, 6.45) is 5.57. The van der Waals surface area contributed by atoms with Gasteiger partial charge in [-0.1, -0.05) is 48.5 Å². The minimum Gasteiger partial charge on any atom is -0.467 e. The van der Waals surface area contributed by atoms with Crippen molar-refractivity contribution in [2.45, 2.75) is 83.0 Å². The third kappa shape index (κ3) is 10.6. The first-order valence-electron chi connectivity index (χ1n) is 19.8. The van der Waals surface area contributed by atoms with E-state index in [1.54, 1.807) is 33.8 Å². The van der Waals surface area contributed by atoms with Crippen molar-refractivity contribution in [3.63, 3.8) is 0 Å². The molecule has 2 saturated heterocycles. The van der Waals surface area contributed by atoms with Crippen molar-refractivity contribution < 1.29 is 38.2 Å². The van der Waals surface area contributed by atoms with Gasteiger partial charge in [0, 0.05) is 51.4 Å². The monoisotopic (exact) mass is 771 g/mol. The summed E-state index contributed by atoms with van der Waals surface area (Å²) < 4.78 is 18.5. The third-order valence-electron chi connectivity index (χ3n) is 10.4. The van der Waals surface area contributed by atoms with E-state index in [9.17, 15) is 24.0 Å². The SMILES string of the molecule is CCOC(=O)N1CCN(C(=O)C(CCCCOCc2ccccc2)NC(=O)c2cc(OCC(=O)N3CCCC3C(=O)NC3CCC3)n(-c3ccccc3)n2)CC1. The molecule has 6 rings (SSSR count). The summed E-state index contributed by atoms with van der Waals surface area (Å²) in [6.45, 7) is 4.36. The zero-order valence-electron chi connectivity index (χ0n) is 32.1. The lowest BCUT2D eigenvalue weighted by Gasteiger charge is -2.36. The van der Waals surface area contributed by atoms with E-state index in [4.69, 9.17) is 14.2 Å². The molecular weight excluding hydrogens is 718 g/mol. The fourth-order valence-corrected chi connectivity index (χ4v) is 7.09. The van der Waals surface area contributed by atoms with Crippen LogP contribution in [0.5, 0.6) is 5.88 Å². The number of aromatic nitrogens is 2. The third-order valence-corrected chi connectivity index (χ3v) is 10.4. The summed E-state index contributed by atoms with van der Waals surface area (Å²) in [5.74, 6) is -1.12. The lowest BCUT2D eigenvalue weighted by atomic mass is 9.93. The highest BCUT2D eigenvalue weighted by Crippen LogP contribution is 2.24. The molecule has 15 heteroatoms. The smallest absolute Gasteiger partial charge is 0.409 e. The number of nitrogens with one attached hydrogen (secondary N) is 2. The van der Waals surface area contributed by atoms with Crippen LogP contribution in [-0.4, -0.2) is 125 Å². The molecule has 3 fully saturated rings. The first-order valence-corrected chi connectivity index (χ1v) is 19.8. The molecule has 2 aliphatic heterocycles. The number of benzene rings is 2. The Hall–Kier alpha value is -5.44. The van der Waals surface area contributed by atoms with E-state index in [2.05, 4.69) is 15.7 Å². The summed E-state index contributed by atoms with van der Waals surface area (Å²) in [4.78, 5) is 71.3. The Bertz CT molecular complexity index is 1780. The molecule has 3 aliphatic rings. The molecule has 1 aliphatic carbocycles. The van der Waals surface area contributed by atoms with Gasteiger partial charge in [-0.15, -0.1) is 0 Å². The van der Waals surface area contributed by atoms with Crippen LogP contribution in [0, 0.1) is 0 Å². The lowest BCUT2D eigenvalue weighted by Crippen LogP contribution is -2.56. The van der Waals surface area contributed by atoms with Gasteiger partial charge in [-0.25, -0.2) is 9.48 Å². The highest BCUT2D eigenvalue weighted by Gasteiger charge is 2.36. The van der Waals surface area contributed by atoms with Crippen molar-refractivity contribution in [2.75, 3.05) is 52.5 Å². The highest BCUT2D eigenvalue weighted by atomic mass is 16.6. The van der Waals surface area contributed by atoms with Gasteiger partial charge >= 0.3 is 6.09 Å². The fourth-order valence-electron chi connectivity index (χ4n) is 7.09. The number of hydrogen-bond donors (Lipinski definition) is 2. The highest BCUT2D eigenvalue weighted by molar-refractivity contribution is 5.96. The van der Waals surface area contributed by atoms with Crippen molar-refractivity contribution in [3.05, 3.63) is 78.0 Å². The van der Waals surface area contributed by atoms with Gasteiger partial charge in [0.05, 0.1) is 18.9 Å². The quantitative estimate of drug-likeness (QED) is 0.195. The molecule has 56 heavy (non-hydrogen) atoms. The molecule has 2 N–H and O–H groups in total. The zero-order valence-corrected chi connectivity index (χ0v) is 32.1. The Morgan fingerprint density at radius 2 is 1.57 bits per heavy atom. The Balaban J connectivity index is 1.11. The Morgan fingerprint density at radius 1 is 0.857 bits per heavy atom. The van der Waals surface area contributed by atoms with Gasteiger partial charge in [-0.3, -0.25) is 19.2 Å². The zero-order chi connectivity index (χ0) is 39.3. The van der Waals surface area contributed by atoms with Gasteiger partial charge < -0.3 is 39.5 Å². The van der Waals surface area contributed by atoms with Crippen LogP contribution in [0.4, 0.5) is 4.79 Å². The fraction of sp³-hybridized carbons (Fsp3) is 0.512. The van der Waals surface area contributed by atoms with Gasteiger partial charge in [-0.05, 0) is 76.0 Å². The number of likely N-dealkylation sites (tertiary alicyclic amines) is 1. The van der Waals surface area contributed by atoms with Crippen LogP contribution in [0.25, 0.3) is 5.69 Å². The van der Waals surface area contributed by atoms with Crippen LogP contribution in [-0.2, 0) is 30.5 Å². The largest absolute Gasteiger partial charge is 0.467 e. The van der Waals surface area contributed by atoms with Crippen LogP contribution < -0.4 is 15.4 Å². The van der Waals surface area contributed by atoms with Gasteiger partial charge in [0.25, 0.3) is 11.8 Å². The molecule has 1 saturated carbocycles. The van der Waals surface area contributed by atoms with E-state index in [0.717, 1.165) is 31.2 Å². The molecule has 2 aromatic carbocycles. The number of hydrogen-bond acceptors (Lipinski definition) is 9. The van der Waals surface area contributed by atoms with E-state index in [1.165, 1.54) is 10.7 Å². The van der Waals surface area contributed by atoms with Crippen molar-refractivity contribution in [1.82, 2.24) is 35.1 Å². The second-order valence-corrected chi connectivity index (χ2v) is 14.4. The number of piperazine rings is 1. The predicted molar refractivity (Wildman–Crippen MR) is 206 cm³/mol. The molecule has 2 unspecified atom stereocenters. The van der Waals surface area contributed by atoms with E-state index in [1.807, 2.05) is 48.5 Å². The molecule has 3 heterocycles. The van der Waals surface area contributed by atoms with E-state index >= 15 is 0 Å². The van der Waals surface area contributed by atoms with E-state index < -0.39 is 24.1 Å². The summed E-state index contributed by atoms with van der Waals surface area (Å²) >= 11 is 0. The number of ether oxygens (including phenoxy) is 3. The second kappa shape index (κ2) is 19.9. The van der Waals surface area contributed by atoms with Gasteiger partial charge in [0.1, 0.15) is 12.1 Å². The lowest BCUT2D eigenvalue weighted by molar-refractivity contribution is -0.140. The Labute approximate surface area is 327 Å². The average Bonchev–Trinajstić information content (AvgIpc) is 3.88. The van der Waals surface area contributed by atoms with Crippen molar-refractivity contribution in [2.24, 2.45) is 0 Å². The molecule has 300 valence electrons. The standard InChI is InChI=1S/C41H53N7O8/c1-2-55-41(53)46-24-22-45(23-25-46)40(52)33(19-9-10-26-54-28-30-13-5-3-6-14-30)43-38(50)34-27-37(48(44-34)32-17-7-4-8-18-32)56-29-36(49)47-21-12-20-35(47)39(51)42-31-15-11-16-31/h3-8,13-14,17-18,27,31,33,35H,2,9-12,15-16,19-26,28-29H2,1H3,(H,42,51)(H,43,50). The number of carbonyl (C=O) groups is 5. The minimum absolute atomic E-state index is 0.00588. The maximum atomic E-state index is 13.9. The molecule has 0 spiro atoms. The molecular formula is C41H53N7O8. The normalized spacial score (nSPS) is 17.5. The van der Waals surface area contributed by atoms with Crippen LogP contribution >= 0.6 is 0 Å². The van der Waals surface area contributed by atoms with Gasteiger partial charge in [0.15, 0.2) is 12.3 Å². The molecule has 2 atom stereocenters. The van der Waals surface area contributed by atoms with Gasteiger partial charge in [0.2, 0.25) is 17.7 Å². The van der Waals surface area contributed by atoms with E-state index in [0.29, 0.717) is 77.3 Å². The second-order valence-electron chi connectivity index (χ2n) is 14.4. The Kier molecular flexibility index (Phi) is 14.3. The van der Waals surface area contributed by atoms with Crippen LogP contribution in [0.3, 0.4) is 0 Å². The average molecular weight is 772 g/mol. The van der Waals surface area contributed by atoms with Crippen LogP contribution in [0.2, 0.25) is 0 Å². The number of amides is 5. The van der Waals surface area contributed by atoms with Gasteiger partial charge in [-0.2, -0.15) is 5.10 Å². The molecule has 0 radical (unpaired) electrons. The summed E-state index contributed by atoms with van der Waals surface area (Å²) in [5, 5.41) is 10.5. The molecule has 3 aromatic rings. The number of carbonyl (C=O) groups excluding carboxylic acids is 5. The maximum absolute atomic E-state index is 13.9. The first-order chi connectivity index (χ1) is 27.3. The summed E-state index contributed by atoms with van der Waals surface area (Å²) in [6, 6.07) is 19.2. The molecule has 15 nitrogen and oxygen atoms in total. The maximum Gasteiger partial charge on any atom is 0.409 e. The summed E-state index contributed by atoms with van der Waals surface area (Å²) in [7, 11) is 0. The first kappa shape index (κ1) is 40.2. The summed E-state index contributed by atoms with van der Waals surface area (Å²) in [5.41, 5.74) is 1.69. The Morgan fingerprint density at radius 3 is 2.27 bits per heavy atom. The molecule has 0 bridgehead atoms. The number of unbranched alkanes of at least 4 members (excludes halogenated alkanes) is 1. The van der Waals surface area contributed by atoms with Crippen LogP contribution in [0.1, 0.15) is 74.3 Å². The number of nitrogens with zero attached hydrogens (tertiary/aromatic N) is 5. The van der Waals surface area contributed by atoms with Crippen molar-refractivity contribution in [1.29, 1.82) is 0 Å².